The van der Waals surface area contributed by atoms with E-state index in [9.17, 15) is 14.0 Å². The van der Waals surface area contributed by atoms with Gasteiger partial charge in [-0.3, -0.25) is 9.69 Å². The number of hydrogen-bond acceptors (Lipinski definition) is 4. The summed E-state index contributed by atoms with van der Waals surface area (Å²) < 4.78 is 26.1. The fourth-order valence-corrected chi connectivity index (χ4v) is 6.79. The lowest BCUT2D eigenvalue weighted by Crippen LogP contribution is -2.60. The molecule has 2 fully saturated rings. The van der Waals surface area contributed by atoms with Crippen LogP contribution in [0.5, 0.6) is 0 Å². The molecule has 2 bridgehead atoms. The van der Waals surface area contributed by atoms with Crippen molar-refractivity contribution in [2.75, 3.05) is 19.8 Å². The Morgan fingerprint density at radius 3 is 2.05 bits per heavy atom. The summed E-state index contributed by atoms with van der Waals surface area (Å²) in [5.41, 5.74) is 5.25. The van der Waals surface area contributed by atoms with Crippen molar-refractivity contribution in [1.82, 2.24) is 4.90 Å². The van der Waals surface area contributed by atoms with Gasteiger partial charge in [0.25, 0.3) is 0 Å². The summed E-state index contributed by atoms with van der Waals surface area (Å²) in [4.78, 5) is 28.9. The van der Waals surface area contributed by atoms with E-state index in [-0.39, 0.29) is 48.2 Å². The van der Waals surface area contributed by atoms with Crippen molar-refractivity contribution >= 4 is 22.6 Å². The number of nitrogens with zero attached hydrogens (tertiary/aromatic N) is 1. The molecule has 2 atom stereocenters. The Morgan fingerprint density at radius 1 is 0.795 bits per heavy atom. The largest absolute Gasteiger partial charge is 0.448 e. The first-order valence-electron chi connectivity index (χ1n) is 13.5. The molecule has 0 spiro atoms. The Hall–Kier alpha value is -4.03. The summed E-state index contributed by atoms with van der Waals surface area (Å²) in [6, 6.07) is 26.1. The van der Waals surface area contributed by atoms with E-state index in [1.165, 1.54) is 28.3 Å². The van der Waals surface area contributed by atoms with Crippen LogP contribution in [0.4, 0.5) is 9.18 Å². The predicted molar refractivity (Wildman–Crippen MR) is 146 cm³/mol. The van der Waals surface area contributed by atoms with Crippen LogP contribution in [-0.2, 0) is 9.47 Å². The van der Waals surface area contributed by atoms with Crippen molar-refractivity contribution < 1.29 is 23.5 Å². The van der Waals surface area contributed by atoms with E-state index >= 15 is 0 Å². The van der Waals surface area contributed by atoms with Gasteiger partial charge in [0.05, 0.1) is 25.3 Å². The van der Waals surface area contributed by atoms with Gasteiger partial charge in [-0.1, -0.05) is 72.8 Å². The number of Topliss-reactive ketones (excluding diaryl/α,β-unsaturated/α-hetero) is 1. The van der Waals surface area contributed by atoms with Crippen LogP contribution in [0, 0.1) is 11.7 Å². The van der Waals surface area contributed by atoms with Gasteiger partial charge in [-0.15, -0.1) is 0 Å². The zero-order valence-corrected chi connectivity index (χ0v) is 21.4. The number of piperidine rings is 1. The number of amides is 1. The standard InChI is InChI=1S/C33H28FNO4/c34-31-14-13-29(27-11-5-6-12-28(27)31)32(36)20-15-21-17-38-18-22(16-20)35(21)33(37)39-19-30-25-9-3-1-7-23(25)24-8-2-4-10-26(24)30/h1-14,20-22,30H,15-19H2. The maximum atomic E-state index is 14.4. The van der Waals surface area contributed by atoms with Gasteiger partial charge in [-0.2, -0.15) is 0 Å². The molecule has 1 aliphatic carbocycles. The van der Waals surface area contributed by atoms with Gasteiger partial charge in [-0.05, 0) is 52.6 Å². The van der Waals surface area contributed by atoms with E-state index in [1.54, 1.807) is 29.2 Å². The molecule has 4 aromatic carbocycles. The third-order valence-electron chi connectivity index (χ3n) is 8.57. The molecule has 0 radical (unpaired) electrons. The Bertz CT molecular complexity index is 1540. The van der Waals surface area contributed by atoms with Gasteiger partial charge in [0.1, 0.15) is 12.4 Å². The lowest BCUT2D eigenvalue weighted by molar-refractivity contribution is -0.0747. The summed E-state index contributed by atoms with van der Waals surface area (Å²) in [6.45, 7) is 0.997. The van der Waals surface area contributed by atoms with Crippen molar-refractivity contribution in [3.63, 3.8) is 0 Å². The van der Waals surface area contributed by atoms with Crippen molar-refractivity contribution in [2.24, 2.45) is 5.92 Å². The van der Waals surface area contributed by atoms with E-state index in [0.29, 0.717) is 42.4 Å². The first-order valence-corrected chi connectivity index (χ1v) is 13.5. The fraction of sp³-hybridized carbons (Fsp3) is 0.273. The topological polar surface area (TPSA) is 55.8 Å². The van der Waals surface area contributed by atoms with Crippen LogP contribution in [0.15, 0.2) is 84.9 Å². The molecular formula is C33H28FNO4. The summed E-state index contributed by atoms with van der Waals surface area (Å²) in [5, 5.41) is 1.07. The highest BCUT2D eigenvalue weighted by molar-refractivity contribution is 6.09. The Balaban J connectivity index is 1.09. The molecule has 3 aliphatic rings. The molecule has 0 N–H and O–H groups in total. The molecule has 0 saturated carbocycles. The first-order chi connectivity index (χ1) is 19.1. The number of benzene rings is 4. The average molecular weight is 522 g/mol. The van der Waals surface area contributed by atoms with Crippen molar-refractivity contribution in [1.29, 1.82) is 0 Å². The molecule has 2 saturated heterocycles. The second kappa shape index (κ2) is 9.62. The van der Waals surface area contributed by atoms with Crippen molar-refractivity contribution in [3.8, 4) is 11.1 Å². The Labute approximate surface area is 226 Å². The van der Waals surface area contributed by atoms with E-state index in [0.717, 1.165) is 0 Å². The van der Waals surface area contributed by atoms with Gasteiger partial charge in [0.2, 0.25) is 0 Å². The molecule has 6 heteroatoms. The molecule has 2 heterocycles. The van der Waals surface area contributed by atoms with Crippen LogP contribution in [0.3, 0.4) is 0 Å². The van der Waals surface area contributed by atoms with Gasteiger partial charge >= 0.3 is 6.09 Å². The minimum atomic E-state index is -0.353. The van der Waals surface area contributed by atoms with Crippen LogP contribution in [-0.4, -0.2) is 48.7 Å². The van der Waals surface area contributed by atoms with Gasteiger partial charge in [-0.25, -0.2) is 9.18 Å². The van der Waals surface area contributed by atoms with Crippen LogP contribution >= 0.6 is 0 Å². The zero-order chi connectivity index (χ0) is 26.5. The van der Waals surface area contributed by atoms with E-state index in [4.69, 9.17) is 9.47 Å². The molecule has 2 unspecified atom stereocenters. The Kier molecular flexibility index (Phi) is 5.93. The molecule has 1 amide bonds. The lowest BCUT2D eigenvalue weighted by Gasteiger charge is -2.47. The molecule has 196 valence electrons. The maximum absolute atomic E-state index is 14.4. The molecule has 39 heavy (non-hydrogen) atoms. The molecule has 4 aromatic rings. The molecule has 5 nitrogen and oxygen atoms in total. The zero-order valence-electron chi connectivity index (χ0n) is 21.4. The molecule has 2 aliphatic heterocycles. The van der Waals surface area contributed by atoms with Crippen LogP contribution in [0.25, 0.3) is 21.9 Å². The third kappa shape index (κ3) is 4.02. The SMILES string of the molecule is O=C(c1ccc(F)c2ccccc12)C1CC2COCC(C1)N2C(=O)OCC1c2ccccc2-c2ccccc21. The average Bonchev–Trinajstić information content (AvgIpc) is 3.29. The first kappa shape index (κ1) is 24.0. The summed E-state index contributed by atoms with van der Waals surface area (Å²) in [6.07, 6.45) is 0.629. The number of halogens is 1. The lowest BCUT2D eigenvalue weighted by atomic mass is 9.80. The second-order valence-corrected chi connectivity index (χ2v) is 10.7. The number of hydrogen-bond donors (Lipinski definition) is 0. The van der Waals surface area contributed by atoms with Crippen molar-refractivity contribution in [3.05, 3.63) is 107 Å². The quantitative estimate of drug-likeness (QED) is 0.284. The van der Waals surface area contributed by atoms with Gasteiger partial charge in [0.15, 0.2) is 5.78 Å². The normalized spacial score (nSPS) is 21.9. The highest BCUT2D eigenvalue weighted by Gasteiger charge is 2.45. The predicted octanol–water partition coefficient (Wildman–Crippen LogP) is 6.59. The summed E-state index contributed by atoms with van der Waals surface area (Å²) >= 11 is 0. The third-order valence-corrected chi connectivity index (χ3v) is 8.57. The highest BCUT2D eigenvalue weighted by Crippen LogP contribution is 2.45. The van der Waals surface area contributed by atoms with E-state index in [2.05, 4.69) is 24.3 Å². The smallest absolute Gasteiger partial charge is 0.410 e. The molecule has 0 aromatic heterocycles. The maximum Gasteiger partial charge on any atom is 0.410 e. The van der Waals surface area contributed by atoms with Crippen LogP contribution < -0.4 is 0 Å². The molecule has 7 rings (SSSR count). The second-order valence-electron chi connectivity index (χ2n) is 10.7. The summed E-state index contributed by atoms with van der Waals surface area (Å²) in [5.74, 6) is -0.619. The fourth-order valence-electron chi connectivity index (χ4n) is 6.79. The number of ether oxygens (including phenoxy) is 2. The Morgan fingerprint density at radius 2 is 1.38 bits per heavy atom. The van der Waals surface area contributed by atoms with Crippen LogP contribution in [0.1, 0.15) is 40.2 Å². The van der Waals surface area contributed by atoms with Gasteiger partial charge in [0, 0.05) is 22.8 Å². The van der Waals surface area contributed by atoms with Gasteiger partial charge < -0.3 is 9.47 Å². The summed E-state index contributed by atoms with van der Waals surface area (Å²) in [7, 11) is 0. The minimum absolute atomic E-state index is 0.00436. The number of rotatable bonds is 4. The van der Waals surface area contributed by atoms with Crippen LogP contribution in [0.2, 0.25) is 0 Å². The van der Waals surface area contributed by atoms with Crippen molar-refractivity contribution in [2.45, 2.75) is 30.8 Å². The number of fused-ring (bicyclic) bond motifs is 6. The highest BCUT2D eigenvalue weighted by atomic mass is 19.1. The number of carbonyl (C=O) groups is 2. The minimum Gasteiger partial charge on any atom is -0.448 e. The van der Waals surface area contributed by atoms with E-state index in [1.807, 2.05) is 30.3 Å². The number of carbonyl (C=O) groups excluding carboxylic acids is 2. The van der Waals surface area contributed by atoms with E-state index < -0.39 is 0 Å². The number of morpholine rings is 1. The molecular weight excluding hydrogens is 493 g/mol. The monoisotopic (exact) mass is 521 g/mol. The number of ketones is 1.